The van der Waals surface area contributed by atoms with Gasteiger partial charge in [-0.25, -0.2) is 0 Å². The van der Waals surface area contributed by atoms with E-state index in [2.05, 4.69) is 0 Å². The fourth-order valence-electron chi connectivity index (χ4n) is 0.935. The third-order valence-corrected chi connectivity index (χ3v) is 2.94. The van der Waals surface area contributed by atoms with Gasteiger partial charge in [0.25, 0.3) is 0 Å². The van der Waals surface area contributed by atoms with Crippen LogP contribution < -0.4 is 4.43 Å². The van der Waals surface area contributed by atoms with E-state index >= 15 is 0 Å². The molecule has 0 heterocycles. The molecule has 1 aromatic carbocycles. The number of para-hydroxylation sites is 2. The molecule has 0 aliphatic rings. The lowest BCUT2D eigenvalue weighted by Gasteiger charge is -2.10. The molecule has 1 aromatic rings. The van der Waals surface area contributed by atoms with Gasteiger partial charge in [-0.05, 0) is 12.1 Å². The molecule has 13 heavy (non-hydrogen) atoms. The van der Waals surface area contributed by atoms with Gasteiger partial charge >= 0.3 is 9.28 Å². The van der Waals surface area contributed by atoms with Gasteiger partial charge in [0.1, 0.15) is 5.75 Å². The summed E-state index contributed by atoms with van der Waals surface area (Å²) >= 11 is 0. The van der Waals surface area contributed by atoms with Crippen LogP contribution in [0, 0.1) is 0 Å². The summed E-state index contributed by atoms with van der Waals surface area (Å²) in [7, 11) is -1.78. The van der Waals surface area contributed by atoms with Crippen molar-refractivity contribution in [2.45, 2.75) is 19.4 Å². The van der Waals surface area contributed by atoms with Crippen molar-refractivity contribution in [1.82, 2.24) is 0 Å². The largest absolute Gasteiger partial charge is 0.516 e. The molecule has 0 unspecified atom stereocenters. The van der Waals surface area contributed by atoms with Crippen molar-refractivity contribution in [3.8, 4) is 11.5 Å². The molecule has 0 atom stereocenters. The van der Waals surface area contributed by atoms with Gasteiger partial charge in [0.05, 0.1) is 0 Å². The Balaban J connectivity index is 2.58. The first-order valence-corrected chi connectivity index (χ1v) is 5.81. The van der Waals surface area contributed by atoms with Crippen molar-refractivity contribution >= 4 is 9.28 Å². The summed E-state index contributed by atoms with van der Waals surface area (Å²) in [5.74, 6) is 0.447. The van der Waals surface area contributed by atoms with Crippen LogP contribution in [0.2, 0.25) is 6.04 Å². The second-order valence-corrected chi connectivity index (χ2v) is 4.21. The van der Waals surface area contributed by atoms with Gasteiger partial charge in [0.15, 0.2) is 5.75 Å². The lowest BCUT2D eigenvalue weighted by Crippen LogP contribution is -2.20. The van der Waals surface area contributed by atoms with Crippen molar-refractivity contribution in [2.75, 3.05) is 0 Å². The molecule has 4 heteroatoms. The summed E-state index contributed by atoms with van der Waals surface area (Å²) in [5.41, 5.74) is 0. The predicted molar refractivity (Wildman–Crippen MR) is 51.8 cm³/mol. The zero-order valence-corrected chi connectivity index (χ0v) is 8.53. The Hall–Kier alpha value is -1.00. The maximum absolute atomic E-state index is 9.40. The number of phenolic OH excluding ortho intramolecular Hbond substituents is 1. The monoisotopic (exact) mass is 197 g/mol. The van der Waals surface area contributed by atoms with E-state index in [-0.39, 0.29) is 5.75 Å². The number of hydrogen-bond donors (Lipinski definition) is 2. The smallest absolute Gasteiger partial charge is 0.455 e. The van der Waals surface area contributed by atoms with Gasteiger partial charge in [-0.1, -0.05) is 25.5 Å². The molecule has 0 amide bonds. The summed E-state index contributed by atoms with van der Waals surface area (Å²) < 4.78 is 5.19. The molecule has 0 spiro atoms. The lowest BCUT2D eigenvalue weighted by molar-refractivity contribution is 0.385. The number of rotatable bonds is 4. The van der Waals surface area contributed by atoms with Gasteiger partial charge in [-0.15, -0.1) is 0 Å². The Morgan fingerprint density at radius 3 is 2.69 bits per heavy atom. The molecule has 0 fully saturated rings. The average Bonchev–Trinajstić information content (AvgIpc) is 2.09. The van der Waals surface area contributed by atoms with Crippen LogP contribution in [0.4, 0.5) is 0 Å². The summed E-state index contributed by atoms with van der Waals surface area (Å²) in [5, 5.41) is 9.31. The Morgan fingerprint density at radius 2 is 2.08 bits per heavy atom. The fraction of sp³-hybridized carbons (Fsp3) is 0.333. The van der Waals surface area contributed by atoms with Gasteiger partial charge < -0.3 is 14.3 Å². The van der Waals surface area contributed by atoms with Crippen LogP contribution in [-0.4, -0.2) is 19.2 Å². The van der Waals surface area contributed by atoms with E-state index < -0.39 is 9.28 Å². The van der Waals surface area contributed by atoms with Crippen molar-refractivity contribution in [3.05, 3.63) is 24.3 Å². The number of benzene rings is 1. The maximum Gasteiger partial charge on any atom is 0.455 e. The molecule has 0 aliphatic heterocycles. The summed E-state index contributed by atoms with van der Waals surface area (Å²) in [6, 6.07) is 7.32. The molecule has 1 rings (SSSR count). The van der Waals surface area contributed by atoms with Crippen LogP contribution in [0.1, 0.15) is 13.3 Å². The fourth-order valence-corrected chi connectivity index (χ4v) is 1.89. The normalized spacial score (nSPS) is 10.4. The number of phenols is 1. The minimum absolute atomic E-state index is 0.0788. The maximum atomic E-state index is 9.40. The minimum Gasteiger partial charge on any atom is -0.516 e. The highest BCUT2D eigenvalue weighted by Crippen LogP contribution is 2.24. The van der Waals surface area contributed by atoms with Crippen LogP contribution in [0.15, 0.2) is 24.3 Å². The van der Waals surface area contributed by atoms with Gasteiger partial charge in [-0.3, -0.25) is 0 Å². The predicted octanol–water partition coefficient (Wildman–Crippen LogP) is 1.66. The Bertz CT molecular complexity index is 265. The second-order valence-electron chi connectivity index (χ2n) is 2.71. The molecule has 3 nitrogen and oxygen atoms in total. The zero-order chi connectivity index (χ0) is 9.68. The Morgan fingerprint density at radius 1 is 1.38 bits per heavy atom. The second kappa shape index (κ2) is 4.89. The van der Waals surface area contributed by atoms with Gasteiger partial charge in [-0.2, -0.15) is 0 Å². The highest BCUT2D eigenvalue weighted by molar-refractivity contribution is 6.43. The third-order valence-electron chi connectivity index (χ3n) is 1.56. The van der Waals surface area contributed by atoms with Crippen LogP contribution >= 0.6 is 0 Å². The molecular weight excluding hydrogens is 184 g/mol. The molecule has 1 radical (unpaired) electrons. The van der Waals surface area contributed by atoms with E-state index in [0.717, 1.165) is 6.42 Å². The molecule has 0 aliphatic carbocycles. The van der Waals surface area contributed by atoms with E-state index in [9.17, 15) is 9.90 Å². The Labute approximate surface area is 79.5 Å². The number of hydrogen-bond acceptors (Lipinski definition) is 3. The summed E-state index contributed by atoms with van der Waals surface area (Å²) in [4.78, 5) is 9.40. The van der Waals surface area contributed by atoms with Crippen LogP contribution in [0.5, 0.6) is 11.5 Å². The molecule has 0 saturated carbocycles. The lowest BCUT2D eigenvalue weighted by atomic mass is 10.3. The molecular formula is C9H13O3Si. The zero-order valence-electron chi connectivity index (χ0n) is 7.53. The van der Waals surface area contributed by atoms with Crippen LogP contribution in [0.3, 0.4) is 0 Å². The SMILES string of the molecule is CCC[Si](O)Oc1ccccc1O. The minimum atomic E-state index is -1.78. The van der Waals surface area contributed by atoms with Crippen molar-refractivity contribution in [2.24, 2.45) is 0 Å². The van der Waals surface area contributed by atoms with E-state index in [1.165, 1.54) is 6.07 Å². The van der Waals surface area contributed by atoms with Crippen molar-refractivity contribution in [3.63, 3.8) is 0 Å². The molecule has 2 N–H and O–H groups in total. The average molecular weight is 197 g/mol. The molecule has 0 saturated heterocycles. The Kier molecular flexibility index (Phi) is 3.79. The standard InChI is InChI=1S/C9H13O3Si/c1-2-7-13(11)12-9-6-4-3-5-8(9)10/h3-6,10-11H,2,7H2,1H3. The third kappa shape index (κ3) is 3.08. The van der Waals surface area contributed by atoms with Crippen molar-refractivity contribution in [1.29, 1.82) is 0 Å². The van der Waals surface area contributed by atoms with Gasteiger partial charge in [0.2, 0.25) is 0 Å². The van der Waals surface area contributed by atoms with Gasteiger partial charge in [0, 0.05) is 6.04 Å². The number of aromatic hydroxyl groups is 1. The van der Waals surface area contributed by atoms with Crippen molar-refractivity contribution < 1.29 is 14.3 Å². The molecule has 71 valence electrons. The quantitative estimate of drug-likeness (QED) is 0.722. The first-order valence-electron chi connectivity index (χ1n) is 4.24. The first kappa shape index (κ1) is 10.1. The topological polar surface area (TPSA) is 49.7 Å². The van der Waals surface area contributed by atoms with E-state index in [1.807, 2.05) is 6.92 Å². The van der Waals surface area contributed by atoms with E-state index in [1.54, 1.807) is 18.2 Å². The molecule has 0 bridgehead atoms. The highest BCUT2D eigenvalue weighted by atomic mass is 28.3. The summed E-state index contributed by atoms with van der Waals surface area (Å²) in [6.45, 7) is 1.98. The first-order chi connectivity index (χ1) is 6.24. The van der Waals surface area contributed by atoms with E-state index in [0.29, 0.717) is 11.8 Å². The highest BCUT2D eigenvalue weighted by Gasteiger charge is 2.12. The summed E-state index contributed by atoms with van der Waals surface area (Å²) in [6.07, 6.45) is 0.887. The van der Waals surface area contributed by atoms with Crippen LogP contribution in [-0.2, 0) is 0 Å². The van der Waals surface area contributed by atoms with Crippen LogP contribution in [0.25, 0.3) is 0 Å². The molecule has 0 aromatic heterocycles. The van der Waals surface area contributed by atoms with E-state index in [4.69, 9.17) is 4.43 Å².